The maximum absolute atomic E-state index is 11.9. The van der Waals surface area contributed by atoms with Crippen LogP contribution < -0.4 is 10.5 Å². The molecule has 0 saturated carbocycles. The summed E-state index contributed by atoms with van der Waals surface area (Å²) in [6.45, 7) is 4.23. The predicted molar refractivity (Wildman–Crippen MR) is 68.2 cm³/mol. The highest BCUT2D eigenvalue weighted by Crippen LogP contribution is 2.35. The summed E-state index contributed by atoms with van der Waals surface area (Å²) in [5, 5.41) is 0. The number of carbonyl (C=O) groups excluding carboxylic acids is 1. The first-order valence-electron chi connectivity index (χ1n) is 5.09. The van der Waals surface area contributed by atoms with E-state index in [1.54, 1.807) is 7.11 Å². The second kappa shape index (κ2) is 5.46. The topological polar surface area (TPSA) is 52.3 Å². The third-order valence-electron chi connectivity index (χ3n) is 2.45. The molecule has 16 heavy (non-hydrogen) atoms. The quantitative estimate of drug-likeness (QED) is 0.866. The monoisotopic (exact) mass is 285 g/mol. The molecule has 88 valence electrons. The molecule has 0 fully saturated rings. The molecule has 1 aromatic carbocycles. The molecule has 0 unspecified atom stereocenters. The minimum atomic E-state index is 0.0255. The van der Waals surface area contributed by atoms with Crippen molar-refractivity contribution >= 4 is 21.7 Å². The van der Waals surface area contributed by atoms with Crippen LogP contribution in [-0.2, 0) is 0 Å². The van der Waals surface area contributed by atoms with E-state index in [0.29, 0.717) is 24.3 Å². The average molecular weight is 286 g/mol. The first kappa shape index (κ1) is 13.2. The molecule has 0 aliphatic heterocycles. The number of aryl methyl sites for hydroxylation is 2. The summed E-state index contributed by atoms with van der Waals surface area (Å²) < 4.78 is 6.13. The molecule has 0 atom stereocenters. The summed E-state index contributed by atoms with van der Waals surface area (Å²) in [6.07, 6.45) is 0.340. The predicted octanol–water partition coefficient (Wildman–Crippen LogP) is 2.61. The van der Waals surface area contributed by atoms with Gasteiger partial charge in [-0.05, 0) is 47.4 Å². The standard InChI is InChI=1S/C12H16BrNO2/c1-7-6-8(2)11(13)12(16-3)10(7)9(15)4-5-14/h6H,4-5,14H2,1-3H3. The second-order valence-corrected chi connectivity index (χ2v) is 4.49. The van der Waals surface area contributed by atoms with Gasteiger partial charge in [-0.15, -0.1) is 0 Å². The number of nitrogens with two attached hydrogens (primary N) is 1. The lowest BCUT2D eigenvalue weighted by Gasteiger charge is -2.14. The Balaban J connectivity index is 3.36. The van der Waals surface area contributed by atoms with Gasteiger partial charge in [0.15, 0.2) is 5.78 Å². The highest BCUT2D eigenvalue weighted by atomic mass is 79.9. The summed E-state index contributed by atoms with van der Waals surface area (Å²) in [5.41, 5.74) is 8.01. The van der Waals surface area contributed by atoms with Gasteiger partial charge in [0.2, 0.25) is 0 Å². The highest BCUT2D eigenvalue weighted by Gasteiger charge is 2.18. The minimum Gasteiger partial charge on any atom is -0.495 e. The molecule has 0 spiro atoms. The number of hydrogen-bond donors (Lipinski definition) is 1. The SMILES string of the molecule is COc1c(Br)c(C)cc(C)c1C(=O)CCN. The van der Waals surface area contributed by atoms with E-state index in [4.69, 9.17) is 10.5 Å². The molecule has 1 aromatic rings. The van der Waals surface area contributed by atoms with Gasteiger partial charge < -0.3 is 10.5 Å². The van der Waals surface area contributed by atoms with Crippen molar-refractivity contribution in [2.45, 2.75) is 20.3 Å². The minimum absolute atomic E-state index is 0.0255. The van der Waals surface area contributed by atoms with Crippen molar-refractivity contribution in [3.63, 3.8) is 0 Å². The maximum Gasteiger partial charge on any atom is 0.168 e. The van der Waals surface area contributed by atoms with E-state index >= 15 is 0 Å². The van der Waals surface area contributed by atoms with Crippen molar-refractivity contribution in [1.82, 2.24) is 0 Å². The summed E-state index contributed by atoms with van der Waals surface area (Å²) in [6, 6.07) is 1.97. The second-order valence-electron chi connectivity index (χ2n) is 3.69. The Bertz CT molecular complexity index is 416. The molecular weight excluding hydrogens is 270 g/mol. The Morgan fingerprint density at radius 3 is 2.56 bits per heavy atom. The van der Waals surface area contributed by atoms with Crippen molar-refractivity contribution in [2.24, 2.45) is 5.73 Å². The van der Waals surface area contributed by atoms with Crippen LogP contribution in [0.2, 0.25) is 0 Å². The summed E-state index contributed by atoms with van der Waals surface area (Å²) in [5.74, 6) is 0.633. The van der Waals surface area contributed by atoms with Gasteiger partial charge in [-0.25, -0.2) is 0 Å². The number of Topliss-reactive ketones (excluding diaryl/α,β-unsaturated/α-hetero) is 1. The number of hydrogen-bond acceptors (Lipinski definition) is 3. The van der Waals surface area contributed by atoms with E-state index in [1.807, 2.05) is 19.9 Å². The molecule has 0 aliphatic carbocycles. The van der Waals surface area contributed by atoms with Crippen molar-refractivity contribution in [3.8, 4) is 5.75 Å². The first-order chi connectivity index (χ1) is 7.52. The van der Waals surface area contributed by atoms with E-state index in [2.05, 4.69) is 15.9 Å². The zero-order valence-electron chi connectivity index (χ0n) is 9.76. The van der Waals surface area contributed by atoms with Crippen molar-refractivity contribution in [3.05, 3.63) is 27.2 Å². The van der Waals surface area contributed by atoms with Gasteiger partial charge in [-0.2, -0.15) is 0 Å². The molecule has 0 saturated heterocycles. The zero-order valence-corrected chi connectivity index (χ0v) is 11.3. The molecule has 0 amide bonds. The lowest BCUT2D eigenvalue weighted by Crippen LogP contribution is -2.11. The van der Waals surface area contributed by atoms with Gasteiger partial charge in [-0.3, -0.25) is 4.79 Å². The maximum atomic E-state index is 11.9. The van der Waals surface area contributed by atoms with Crippen molar-refractivity contribution < 1.29 is 9.53 Å². The van der Waals surface area contributed by atoms with Crippen LogP contribution in [0.25, 0.3) is 0 Å². The van der Waals surface area contributed by atoms with E-state index < -0.39 is 0 Å². The fraction of sp³-hybridized carbons (Fsp3) is 0.417. The summed E-state index contributed by atoms with van der Waals surface area (Å²) in [7, 11) is 1.57. The van der Waals surface area contributed by atoms with Gasteiger partial charge in [-0.1, -0.05) is 6.07 Å². The van der Waals surface area contributed by atoms with Crippen molar-refractivity contribution in [2.75, 3.05) is 13.7 Å². The van der Waals surface area contributed by atoms with Crippen LogP contribution in [0.1, 0.15) is 27.9 Å². The summed E-state index contributed by atoms with van der Waals surface area (Å²) >= 11 is 3.44. The van der Waals surface area contributed by atoms with Crippen LogP contribution in [0.5, 0.6) is 5.75 Å². The molecule has 1 rings (SSSR count). The number of benzene rings is 1. The molecule has 0 aliphatic rings. The van der Waals surface area contributed by atoms with Gasteiger partial charge >= 0.3 is 0 Å². The molecular formula is C12H16BrNO2. The molecule has 0 heterocycles. The van der Waals surface area contributed by atoms with Gasteiger partial charge in [0.05, 0.1) is 17.1 Å². The molecule has 4 heteroatoms. The molecule has 0 radical (unpaired) electrons. The Kier molecular flexibility index (Phi) is 4.50. The Hall–Kier alpha value is -0.870. The van der Waals surface area contributed by atoms with Crippen LogP contribution >= 0.6 is 15.9 Å². The molecule has 0 aromatic heterocycles. The largest absolute Gasteiger partial charge is 0.495 e. The first-order valence-corrected chi connectivity index (χ1v) is 5.89. The molecule has 3 nitrogen and oxygen atoms in total. The van der Waals surface area contributed by atoms with Crippen molar-refractivity contribution in [1.29, 1.82) is 0 Å². The zero-order chi connectivity index (χ0) is 12.3. The Labute approximate surface area is 104 Å². The molecule has 0 bridgehead atoms. The van der Waals surface area contributed by atoms with Crippen LogP contribution in [0.15, 0.2) is 10.5 Å². The third kappa shape index (κ3) is 2.44. The van der Waals surface area contributed by atoms with Gasteiger partial charge in [0, 0.05) is 6.42 Å². The van der Waals surface area contributed by atoms with Crippen LogP contribution in [-0.4, -0.2) is 19.4 Å². The van der Waals surface area contributed by atoms with E-state index in [9.17, 15) is 4.79 Å². The number of ether oxygens (including phenoxy) is 1. The lowest BCUT2D eigenvalue weighted by atomic mass is 9.99. The van der Waals surface area contributed by atoms with Crippen LogP contribution in [0.3, 0.4) is 0 Å². The fourth-order valence-electron chi connectivity index (χ4n) is 1.72. The number of rotatable bonds is 4. The Morgan fingerprint density at radius 2 is 2.06 bits per heavy atom. The number of carbonyl (C=O) groups is 1. The van der Waals surface area contributed by atoms with Crippen LogP contribution in [0.4, 0.5) is 0 Å². The number of methoxy groups -OCH3 is 1. The third-order valence-corrected chi connectivity index (χ3v) is 3.44. The highest BCUT2D eigenvalue weighted by molar-refractivity contribution is 9.10. The number of halogens is 1. The van der Waals surface area contributed by atoms with Gasteiger partial charge in [0.1, 0.15) is 5.75 Å². The lowest BCUT2D eigenvalue weighted by molar-refractivity contribution is 0.0982. The average Bonchev–Trinajstić information content (AvgIpc) is 2.23. The number of ketones is 1. The van der Waals surface area contributed by atoms with Gasteiger partial charge in [0.25, 0.3) is 0 Å². The van der Waals surface area contributed by atoms with E-state index in [-0.39, 0.29) is 5.78 Å². The normalized spacial score (nSPS) is 10.3. The summed E-state index contributed by atoms with van der Waals surface area (Å²) in [4.78, 5) is 11.9. The van der Waals surface area contributed by atoms with E-state index in [0.717, 1.165) is 15.6 Å². The molecule has 2 N–H and O–H groups in total. The van der Waals surface area contributed by atoms with Crippen LogP contribution in [0, 0.1) is 13.8 Å². The smallest absolute Gasteiger partial charge is 0.168 e. The fourth-order valence-corrected chi connectivity index (χ4v) is 2.20. The Morgan fingerprint density at radius 1 is 1.44 bits per heavy atom. The van der Waals surface area contributed by atoms with E-state index in [1.165, 1.54) is 0 Å².